The van der Waals surface area contributed by atoms with E-state index in [2.05, 4.69) is 26.6 Å². The molecule has 22 heteroatoms. The number of methoxy groups -OCH3 is 1. The first kappa shape index (κ1) is 51.4. The molecule has 0 aromatic heterocycles. The lowest BCUT2D eigenvalue weighted by Crippen LogP contribution is -2.63. The number of aliphatic hydroxyl groups excluding tert-OH is 5. The Hall–Kier alpha value is -6.98. The minimum Gasteiger partial charge on any atom is -0.508 e. The second kappa shape index (κ2) is 22.4. The van der Waals surface area contributed by atoms with E-state index in [0.29, 0.717) is 11.3 Å². The zero-order valence-corrected chi connectivity index (χ0v) is 38.0. The monoisotopic (exact) mass is 959 g/mol. The van der Waals surface area contributed by atoms with E-state index in [4.69, 9.17) is 4.74 Å². The second-order valence-corrected chi connectivity index (χ2v) is 17.5. The number of nitrogens with one attached hydrogen (secondary N) is 5. The number of amides is 7. The first-order chi connectivity index (χ1) is 32.8. The maximum absolute atomic E-state index is 14.3. The Labute approximate surface area is 396 Å². The van der Waals surface area contributed by atoms with Gasteiger partial charge < -0.3 is 71.8 Å². The summed E-state index contributed by atoms with van der Waals surface area (Å²) in [5, 5.41) is 76.4. The minimum absolute atomic E-state index is 0.0565. The van der Waals surface area contributed by atoms with Gasteiger partial charge in [0.2, 0.25) is 35.4 Å². The largest absolute Gasteiger partial charge is 0.508 e. The quantitative estimate of drug-likeness (QED) is 0.101. The highest BCUT2D eigenvalue weighted by atomic mass is 16.5. The van der Waals surface area contributed by atoms with Crippen LogP contribution in [-0.4, -0.2) is 182 Å². The molecule has 22 nitrogen and oxygen atoms in total. The second-order valence-electron chi connectivity index (χ2n) is 17.5. The van der Waals surface area contributed by atoms with Gasteiger partial charge in [-0.2, -0.15) is 0 Å². The predicted molar refractivity (Wildman–Crippen MR) is 241 cm³/mol. The molecule has 3 heterocycles. The van der Waals surface area contributed by atoms with Crippen LogP contribution in [0.2, 0.25) is 0 Å². The van der Waals surface area contributed by atoms with Crippen molar-refractivity contribution in [3.63, 3.8) is 0 Å². The van der Waals surface area contributed by atoms with Gasteiger partial charge in [-0.1, -0.05) is 43.3 Å². The minimum atomic E-state index is -1.93. The van der Waals surface area contributed by atoms with Crippen LogP contribution in [-0.2, 0) is 40.0 Å². The number of carbonyl (C=O) groups is 8. The van der Waals surface area contributed by atoms with Crippen LogP contribution in [0.1, 0.15) is 42.6 Å². The van der Waals surface area contributed by atoms with Crippen LogP contribution in [0.15, 0.2) is 72.8 Å². The number of ketones is 1. The number of rotatable bonds is 9. The molecule has 69 heavy (non-hydrogen) atoms. The summed E-state index contributed by atoms with van der Waals surface area (Å²) in [6.45, 7) is 0.0519. The number of hydrogen-bond acceptors (Lipinski definition) is 15. The molecular formula is C47H57N7O15. The van der Waals surface area contributed by atoms with E-state index in [9.17, 15) is 69.0 Å². The fourth-order valence-electron chi connectivity index (χ4n) is 8.54. The lowest BCUT2D eigenvalue weighted by Gasteiger charge is -2.32. The van der Waals surface area contributed by atoms with Crippen molar-refractivity contribution in [2.75, 3.05) is 33.4 Å². The number of aromatic hydroxyl groups is 1. The van der Waals surface area contributed by atoms with Crippen LogP contribution in [0, 0.1) is 5.92 Å². The molecule has 11 atom stereocenters. The van der Waals surface area contributed by atoms with Gasteiger partial charge >= 0.3 is 0 Å². The molecule has 11 N–H and O–H groups in total. The SMILES string of the molecule is COc1ccc(-c2ccc(C(=O)NC3CC(=O)CNC(=O)[C@@H]4[C@@H](O)[C@@H](C)CN4C(=O)[C@H](CO)NC(=O)[C@H]([C@H](O)Cc4ccc(O)cc4)NC(=O)[C@@H]4C[C@@H](O)CN4C(=O)[C@H]([C@@H](C)O)NC3=O)cc2)cc1. The van der Waals surface area contributed by atoms with Crippen LogP contribution in [0.5, 0.6) is 11.5 Å². The lowest BCUT2D eigenvalue weighted by molar-refractivity contribution is -0.146. The highest BCUT2D eigenvalue weighted by Crippen LogP contribution is 2.27. The number of benzene rings is 3. The zero-order chi connectivity index (χ0) is 50.3. The molecule has 3 aromatic rings. The molecule has 0 aliphatic carbocycles. The van der Waals surface area contributed by atoms with Crippen LogP contribution in [0.4, 0.5) is 0 Å². The summed E-state index contributed by atoms with van der Waals surface area (Å²) >= 11 is 0. The summed E-state index contributed by atoms with van der Waals surface area (Å²) in [6, 6.07) is 8.22. The molecule has 3 aliphatic heterocycles. The van der Waals surface area contributed by atoms with E-state index in [1.807, 2.05) is 12.1 Å². The summed E-state index contributed by atoms with van der Waals surface area (Å²) in [7, 11) is 1.53. The predicted octanol–water partition coefficient (Wildman–Crippen LogP) is -3.14. The van der Waals surface area contributed by atoms with Crippen LogP contribution < -0.4 is 31.3 Å². The van der Waals surface area contributed by atoms with Crippen molar-refractivity contribution in [2.24, 2.45) is 5.92 Å². The normalized spacial score (nSPS) is 27.4. The fourth-order valence-corrected chi connectivity index (χ4v) is 8.54. The number of aliphatic hydroxyl groups is 5. The van der Waals surface area contributed by atoms with Gasteiger partial charge in [-0.25, -0.2) is 0 Å². The van der Waals surface area contributed by atoms with E-state index in [1.165, 1.54) is 50.4 Å². The average molecular weight is 960 g/mol. The molecule has 1 unspecified atom stereocenters. The van der Waals surface area contributed by atoms with Crippen molar-refractivity contribution in [1.82, 2.24) is 36.4 Å². The number of nitrogens with zero attached hydrogens (tertiary/aromatic N) is 2. The molecule has 3 saturated heterocycles. The molecular weight excluding hydrogens is 903 g/mol. The van der Waals surface area contributed by atoms with E-state index >= 15 is 0 Å². The number of hydrogen-bond donors (Lipinski definition) is 11. The molecule has 0 bridgehead atoms. The van der Waals surface area contributed by atoms with Crippen LogP contribution >= 0.6 is 0 Å². The Morgan fingerprint density at radius 3 is 2.01 bits per heavy atom. The molecule has 6 rings (SSSR count). The van der Waals surface area contributed by atoms with Gasteiger partial charge in [0, 0.05) is 43.8 Å². The maximum Gasteiger partial charge on any atom is 0.251 e. The number of phenolic OH excluding ortho intramolecular Hbond substituents is 1. The van der Waals surface area contributed by atoms with Crippen LogP contribution in [0.3, 0.4) is 0 Å². The number of phenols is 1. The standard InChI is InChI=1S/C47H57N7O15/c1-23-20-54-39(40(23)61)45(66)48-19-30(58)17-33(49-41(62)28-8-6-26(7-9-28)27-10-14-32(69-3)15-11-27)42(63)51-37(24(2)56)47(68)53-21-31(59)18-35(53)43(64)52-38(44(65)50-34(22-55)46(54)67)36(60)16-25-4-12-29(57)13-5-25/h4-15,23-24,31,33-40,55-57,59-61H,16-22H2,1-3H3,(H,48,66)(H,49,62)(H,50,65)(H,51,63)(H,52,64)/t23-,24+,31+,33?,34-,35-,36+,37-,38-,39-,40-/m0/s1. The molecule has 0 spiro atoms. The van der Waals surface area contributed by atoms with Crippen molar-refractivity contribution in [3.05, 3.63) is 83.9 Å². The van der Waals surface area contributed by atoms with Gasteiger partial charge in [-0.05, 0) is 60.0 Å². The van der Waals surface area contributed by atoms with Gasteiger partial charge in [-0.3, -0.25) is 38.4 Å². The summed E-state index contributed by atoms with van der Waals surface area (Å²) in [5.74, 6) is -8.52. The van der Waals surface area contributed by atoms with Crippen LogP contribution in [0.25, 0.3) is 11.1 Å². The molecule has 0 saturated carbocycles. The highest BCUT2D eigenvalue weighted by molar-refractivity contribution is 6.02. The third-order valence-corrected chi connectivity index (χ3v) is 12.4. The number of Topliss-reactive ketones (excluding diaryl/α,β-unsaturated/α-hetero) is 1. The van der Waals surface area contributed by atoms with E-state index in [0.717, 1.165) is 27.9 Å². The van der Waals surface area contributed by atoms with Crippen molar-refractivity contribution in [3.8, 4) is 22.6 Å². The first-order valence-corrected chi connectivity index (χ1v) is 22.3. The van der Waals surface area contributed by atoms with Gasteiger partial charge in [0.1, 0.15) is 47.8 Å². The summed E-state index contributed by atoms with van der Waals surface area (Å²) in [6.07, 6.45) is -7.86. The topological polar surface area (TPSA) is 334 Å². The van der Waals surface area contributed by atoms with Gasteiger partial charge in [-0.15, -0.1) is 0 Å². The Balaban J connectivity index is 1.34. The maximum atomic E-state index is 14.3. The number of carbonyl (C=O) groups excluding carboxylic acids is 8. The third-order valence-electron chi connectivity index (χ3n) is 12.4. The first-order valence-electron chi connectivity index (χ1n) is 22.3. The fraction of sp³-hybridized carbons (Fsp3) is 0.447. The summed E-state index contributed by atoms with van der Waals surface area (Å²) < 4.78 is 5.21. The molecule has 7 amide bonds. The smallest absolute Gasteiger partial charge is 0.251 e. The van der Waals surface area contributed by atoms with Gasteiger partial charge in [0.25, 0.3) is 5.91 Å². The van der Waals surface area contributed by atoms with E-state index in [1.54, 1.807) is 24.3 Å². The highest BCUT2D eigenvalue weighted by Gasteiger charge is 2.48. The van der Waals surface area contributed by atoms with Crippen molar-refractivity contribution >= 4 is 47.1 Å². The number of ether oxygens (including phenoxy) is 1. The molecule has 3 aliphatic rings. The van der Waals surface area contributed by atoms with Crippen molar-refractivity contribution in [1.29, 1.82) is 0 Å². The van der Waals surface area contributed by atoms with Crippen molar-refractivity contribution < 1.29 is 73.7 Å². The average Bonchev–Trinajstić information content (AvgIpc) is 3.88. The molecule has 3 fully saturated rings. The van der Waals surface area contributed by atoms with E-state index in [-0.39, 0.29) is 24.3 Å². The summed E-state index contributed by atoms with van der Waals surface area (Å²) in [5.41, 5.74) is 1.97. The third kappa shape index (κ3) is 12.2. The van der Waals surface area contributed by atoms with Gasteiger partial charge in [0.15, 0.2) is 5.78 Å². The molecule has 0 radical (unpaired) electrons. The zero-order valence-electron chi connectivity index (χ0n) is 38.0. The summed E-state index contributed by atoms with van der Waals surface area (Å²) in [4.78, 5) is 114. The molecule has 3 aromatic carbocycles. The molecule has 370 valence electrons. The van der Waals surface area contributed by atoms with E-state index < -0.39 is 146 Å². The Morgan fingerprint density at radius 2 is 1.41 bits per heavy atom. The Morgan fingerprint density at radius 1 is 0.783 bits per heavy atom. The Bertz CT molecular complexity index is 2380. The Kier molecular flexibility index (Phi) is 16.7. The van der Waals surface area contributed by atoms with Crippen molar-refractivity contribution in [2.45, 2.75) is 93.8 Å². The van der Waals surface area contributed by atoms with Gasteiger partial charge in [0.05, 0.1) is 44.7 Å². The lowest BCUT2D eigenvalue weighted by atomic mass is 10.00. The number of fused-ring (bicyclic) bond motifs is 2.